The Balaban J connectivity index is 5.16. The molecule has 0 radical (unpaired) electrons. The lowest BCUT2D eigenvalue weighted by molar-refractivity contribution is -0.142. The van der Waals surface area contributed by atoms with Gasteiger partial charge in [0.05, 0.1) is 12.6 Å². The lowest BCUT2D eigenvalue weighted by Gasteiger charge is -2.27. The summed E-state index contributed by atoms with van der Waals surface area (Å²) in [4.78, 5) is 53.1. The summed E-state index contributed by atoms with van der Waals surface area (Å²) in [5, 5.41) is 26.2. The van der Waals surface area contributed by atoms with Crippen LogP contribution in [0.1, 0.15) is 39.5 Å². The molecule has 0 aliphatic rings. The summed E-state index contributed by atoms with van der Waals surface area (Å²) in [5.41, 5.74) is 16.4. The maximum atomic E-state index is 12.9. The fourth-order valence-electron chi connectivity index (χ4n) is 2.83. The molecule has 5 atom stereocenters. The van der Waals surface area contributed by atoms with E-state index in [0.29, 0.717) is 25.1 Å². The number of aliphatic imine (C=N–C) groups is 1. The van der Waals surface area contributed by atoms with Crippen molar-refractivity contribution in [1.29, 1.82) is 0 Å². The molecule has 0 rings (SSSR count). The molecule has 0 aliphatic heterocycles. The summed E-state index contributed by atoms with van der Waals surface area (Å²) in [6.07, 6.45) is 3.26. The average Bonchev–Trinajstić information content (AvgIpc) is 2.79. The van der Waals surface area contributed by atoms with Crippen LogP contribution in [0.5, 0.6) is 0 Å². The van der Waals surface area contributed by atoms with Crippen LogP contribution in [0.3, 0.4) is 0 Å². The standard InChI is InChI=1S/C20H39N7O6S/c1-4-11(2)15(27-16(29)12(21)6-5-8-24-20(22)23)18(31)26-14(10-28)17(30)25-13(19(32)33)7-9-34-3/h11-15,28H,4-10,21H2,1-3H3,(H,25,30)(H,26,31)(H,27,29)(H,32,33)(H4,22,23,24). The van der Waals surface area contributed by atoms with Crippen LogP contribution in [-0.4, -0.2) is 89.2 Å². The molecule has 0 aromatic carbocycles. The molecule has 34 heavy (non-hydrogen) atoms. The largest absolute Gasteiger partial charge is 0.480 e. The highest BCUT2D eigenvalue weighted by atomic mass is 32.2. The van der Waals surface area contributed by atoms with Gasteiger partial charge >= 0.3 is 5.97 Å². The first-order valence-corrected chi connectivity index (χ1v) is 12.4. The number of nitrogens with zero attached hydrogens (tertiary/aromatic N) is 1. The highest BCUT2D eigenvalue weighted by Gasteiger charge is 2.32. The predicted molar refractivity (Wildman–Crippen MR) is 131 cm³/mol. The molecule has 0 heterocycles. The highest BCUT2D eigenvalue weighted by molar-refractivity contribution is 7.98. The van der Waals surface area contributed by atoms with E-state index in [1.165, 1.54) is 11.8 Å². The summed E-state index contributed by atoms with van der Waals surface area (Å²) in [6.45, 7) is 3.12. The molecule has 14 heteroatoms. The second-order valence-electron chi connectivity index (χ2n) is 7.85. The fourth-order valence-corrected chi connectivity index (χ4v) is 3.31. The van der Waals surface area contributed by atoms with Gasteiger partial charge < -0.3 is 43.4 Å². The van der Waals surface area contributed by atoms with Crippen molar-refractivity contribution in [3.63, 3.8) is 0 Å². The topological polar surface area (TPSA) is 235 Å². The van der Waals surface area contributed by atoms with Crippen LogP contribution in [0.15, 0.2) is 4.99 Å². The van der Waals surface area contributed by atoms with Crippen molar-refractivity contribution in [1.82, 2.24) is 16.0 Å². The van der Waals surface area contributed by atoms with Gasteiger partial charge in [-0.2, -0.15) is 11.8 Å². The normalized spacial score (nSPS) is 15.2. The van der Waals surface area contributed by atoms with Crippen LogP contribution in [0.2, 0.25) is 0 Å². The number of carbonyl (C=O) groups excluding carboxylic acids is 3. The molecule has 0 aliphatic carbocycles. The number of aliphatic carboxylic acids is 1. The predicted octanol–water partition coefficient (Wildman–Crippen LogP) is -2.30. The monoisotopic (exact) mass is 505 g/mol. The van der Waals surface area contributed by atoms with Crippen molar-refractivity contribution in [2.45, 2.75) is 63.7 Å². The Kier molecular flexibility index (Phi) is 15.7. The zero-order valence-electron chi connectivity index (χ0n) is 20.0. The first-order valence-electron chi connectivity index (χ1n) is 11.0. The lowest BCUT2D eigenvalue weighted by atomic mass is 9.97. The van der Waals surface area contributed by atoms with Crippen molar-refractivity contribution < 1.29 is 29.4 Å². The molecular weight excluding hydrogens is 466 g/mol. The van der Waals surface area contributed by atoms with Gasteiger partial charge in [-0.1, -0.05) is 20.3 Å². The number of aliphatic hydroxyl groups is 1. The Morgan fingerprint density at radius 1 is 1.00 bits per heavy atom. The number of nitrogens with two attached hydrogens (primary N) is 3. The summed E-state index contributed by atoms with van der Waals surface area (Å²) in [7, 11) is 0. The average molecular weight is 506 g/mol. The second kappa shape index (κ2) is 16.9. The molecule has 13 nitrogen and oxygen atoms in total. The molecule has 0 fully saturated rings. The van der Waals surface area contributed by atoms with E-state index >= 15 is 0 Å². The minimum absolute atomic E-state index is 0.0621. The molecule has 0 spiro atoms. The molecule has 0 saturated carbocycles. The van der Waals surface area contributed by atoms with Gasteiger partial charge in [-0.15, -0.1) is 0 Å². The number of carboxylic acid groups (broad SMARTS) is 1. The third-order valence-electron chi connectivity index (χ3n) is 5.14. The third-order valence-corrected chi connectivity index (χ3v) is 5.78. The zero-order valence-corrected chi connectivity index (χ0v) is 20.8. The molecule has 3 amide bonds. The van der Waals surface area contributed by atoms with Gasteiger partial charge in [-0.25, -0.2) is 4.79 Å². The number of rotatable bonds is 17. The lowest BCUT2D eigenvalue weighted by Crippen LogP contribution is -2.59. The maximum absolute atomic E-state index is 12.9. The van der Waals surface area contributed by atoms with Gasteiger partial charge in [0.1, 0.15) is 18.1 Å². The number of nitrogens with one attached hydrogen (secondary N) is 3. The van der Waals surface area contributed by atoms with Gasteiger partial charge in [0, 0.05) is 6.54 Å². The fraction of sp³-hybridized carbons (Fsp3) is 0.750. The first kappa shape index (κ1) is 31.4. The Labute approximate surface area is 204 Å². The first-order chi connectivity index (χ1) is 16.0. The van der Waals surface area contributed by atoms with Gasteiger partial charge in [-0.05, 0) is 37.2 Å². The minimum Gasteiger partial charge on any atom is -0.480 e. The van der Waals surface area contributed by atoms with Crippen molar-refractivity contribution in [3.05, 3.63) is 0 Å². The third kappa shape index (κ3) is 12.0. The highest BCUT2D eigenvalue weighted by Crippen LogP contribution is 2.10. The van der Waals surface area contributed by atoms with Crippen LogP contribution in [0.25, 0.3) is 0 Å². The summed E-state index contributed by atoms with van der Waals surface area (Å²) in [5.74, 6) is -3.18. The molecule has 5 unspecified atom stereocenters. The number of carbonyl (C=O) groups is 4. The van der Waals surface area contributed by atoms with E-state index in [1.54, 1.807) is 13.2 Å². The minimum atomic E-state index is -1.39. The van der Waals surface area contributed by atoms with E-state index in [0.717, 1.165) is 0 Å². The molecule has 0 aromatic rings. The summed E-state index contributed by atoms with van der Waals surface area (Å²) in [6, 6.07) is -4.47. The number of guanidine groups is 1. The summed E-state index contributed by atoms with van der Waals surface area (Å²) < 4.78 is 0. The van der Waals surface area contributed by atoms with Crippen molar-refractivity contribution >= 4 is 41.4 Å². The Morgan fingerprint density at radius 2 is 1.62 bits per heavy atom. The van der Waals surface area contributed by atoms with Crippen molar-refractivity contribution in [2.24, 2.45) is 28.1 Å². The van der Waals surface area contributed by atoms with Crippen molar-refractivity contribution in [2.75, 3.05) is 25.2 Å². The summed E-state index contributed by atoms with van der Waals surface area (Å²) >= 11 is 1.42. The maximum Gasteiger partial charge on any atom is 0.326 e. The molecule has 196 valence electrons. The Bertz CT molecular complexity index is 705. The number of hydrogen-bond acceptors (Lipinski definition) is 8. The van der Waals surface area contributed by atoms with Crippen LogP contribution in [0.4, 0.5) is 0 Å². The Hall–Kier alpha value is -2.58. The molecule has 0 bridgehead atoms. The SMILES string of the molecule is CCC(C)C(NC(=O)C(N)CCCN=C(N)N)C(=O)NC(CO)C(=O)NC(CCSC)C(=O)O. The van der Waals surface area contributed by atoms with E-state index in [2.05, 4.69) is 20.9 Å². The van der Waals surface area contributed by atoms with Gasteiger partial charge in [-0.3, -0.25) is 19.4 Å². The van der Waals surface area contributed by atoms with Gasteiger partial charge in [0.15, 0.2) is 5.96 Å². The van der Waals surface area contributed by atoms with Gasteiger partial charge in [0.25, 0.3) is 0 Å². The molecule has 11 N–H and O–H groups in total. The number of thioether (sulfide) groups is 1. The van der Waals surface area contributed by atoms with E-state index in [9.17, 15) is 29.4 Å². The van der Waals surface area contributed by atoms with Crippen LogP contribution in [0, 0.1) is 5.92 Å². The smallest absolute Gasteiger partial charge is 0.326 e. The second-order valence-corrected chi connectivity index (χ2v) is 8.84. The number of hydrogen-bond donors (Lipinski definition) is 8. The van der Waals surface area contributed by atoms with E-state index in [1.807, 2.05) is 6.92 Å². The van der Waals surface area contributed by atoms with Crippen LogP contribution < -0.4 is 33.2 Å². The number of carboxylic acids is 1. The van der Waals surface area contributed by atoms with Crippen LogP contribution in [-0.2, 0) is 19.2 Å². The Morgan fingerprint density at radius 3 is 2.12 bits per heavy atom. The van der Waals surface area contributed by atoms with E-state index in [-0.39, 0.29) is 24.7 Å². The quantitative estimate of drug-likeness (QED) is 0.0597. The molecule has 0 saturated heterocycles. The number of amides is 3. The van der Waals surface area contributed by atoms with E-state index in [4.69, 9.17) is 17.2 Å². The van der Waals surface area contributed by atoms with Crippen LogP contribution >= 0.6 is 11.8 Å². The molecular formula is C20H39N7O6S. The van der Waals surface area contributed by atoms with E-state index < -0.39 is 54.5 Å². The number of aliphatic hydroxyl groups excluding tert-OH is 1. The molecule has 0 aromatic heterocycles. The van der Waals surface area contributed by atoms with Crippen molar-refractivity contribution in [3.8, 4) is 0 Å². The van der Waals surface area contributed by atoms with Gasteiger partial charge in [0.2, 0.25) is 17.7 Å². The zero-order chi connectivity index (χ0) is 26.3.